The highest BCUT2D eigenvalue weighted by Crippen LogP contribution is 1.81. The van der Waals surface area contributed by atoms with Crippen LogP contribution in [0.2, 0.25) is 0 Å². The molecule has 0 bridgehead atoms. The maximum atomic E-state index is 9.25. The zero-order valence-electron chi connectivity index (χ0n) is 2.06. The minimum atomic E-state index is -0.755. The largest absolute Gasteiger partial charge is 0.313 e. The highest BCUT2D eigenvalue weighted by Gasteiger charge is 1.42. The topological polar surface area (TPSA) is 29.1 Å². The number of hydrogen-bond acceptors (Lipinski definition) is 1. The second-order valence-electron chi connectivity index (χ2n) is 0.285. The Balaban J connectivity index is 2.30. The van der Waals surface area contributed by atoms with Gasteiger partial charge in [0.1, 0.15) is 8.61 Å². The first-order chi connectivity index (χ1) is 1.91. The zero-order valence-corrected chi connectivity index (χ0v) is 4.37. The van der Waals surface area contributed by atoms with Crippen molar-refractivity contribution in [3.8, 4) is 0 Å². The molecule has 1 N–H and O–H groups in total. The molecule has 0 rings (SSSR count). The van der Waals surface area contributed by atoms with Crippen LogP contribution in [-0.2, 0) is 4.57 Å². The summed E-state index contributed by atoms with van der Waals surface area (Å²) in [7, 11) is 1.37. The summed E-state index contributed by atoms with van der Waals surface area (Å²) >= 11 is 0. The molecule has 0 amide bonds. The summed E-state index contributed by atoms with van der Waals surface area (Å²) in [5, 5.41) is 0. The van der Waals surface area contributed by atoms with E-state index in [1.807, 2.05) is 0 Å². The van der Waals surface area contributed by atoms with E-state index in [1.165, 1.54) is 0 Å². The number of hydrogen-bond donors (Lipinski definition) is 1. The Morgan fingerprint density at radius 2 is 2.25 bits per heavy atom. The third-order valence-electron chi connectivity index (χ3n) is 0.0680. The summed E-state index contributed by atoms with van der Waals surface area (Å²) in [6.45, 7) is 0. The molecule has 0 aliphatic heterocycles. The highest BCUT2D eigenvalue weighted by atomic mass is 31.1. The van der Waals surface area contributed by atoms with E-state index < -0.39 is 8.61 Å². The third kappa shape index (κ3) is 2.62. The molecule has 2 atom stereocenters. The van der Waals surface area contributed by atoms with Crippen LogP contribution < -0.4 is 4.86 Å². The van der Waals surface area contributed by atoms with Crippen LogP contribution in [0.15, 0.2) is 0 Å². The second-order valence-corrected chi connectivity index (χ2v) is 1.85. The van der Waals surface area contributed by atoms with Crippen molar-refractivity contribution in [2.75, 3.05) is 0 Å². The molecule has 4 heteroatoms. The van der Waals surface area contributed by atoms with Crippen LogP contribution in [0.25, 0.3) is 0 Å². The normalized spacial score (nSPS) is 10.2. The van der Waals surface area contributed by atoms with E-state index in [-0.39, 0.29) is 0 Å². The molecule has 2 unspecified atom stereocenters. The summed E-state index contributed by atoms with van der Waals surface area (Å²) in [5.41, 5.74) is 0. The summed E-state index contributed by atoms with van der Waals surface area (Å²) in [6.07, 6.45) is 0. The van der Waals surface area contributed by atoms with E-state index in [9.17, 15) is 4.57 Å². The molecule has 0 aromatic carbocycles. The Morgan fingerprint density at radius 1 is 2.00 bits per heavy atom. The molecule has 0 aliphatic carbocycles. The van der Waals surface area contributed by atoms with Gasteiger partial charge in [-0.25, -0.2) is 0 Å². The van der Waals surface area contributed by atoms with Crippen molar-refractivity contribution in [2.45, 2.75) is 0 Å². The molecule has 0 heterocycles. The molecule has 0 fully saturated rings. The van der Waals surface area contributed by atoms with Crippen LogP contribution in [0.3, 0.4) is 0 Å². The molecule has 4 heavy (non-hydrogen) atoms. The van der Waals surface area contributed by atoms with Crippen molar-refractivity contribution < 1.29 is 4.57 Å². The first-order valence-corrected chi connectivity index (χ1v) is 2.44. The van der Waals surface area contributed by atoms with Gasteiger partial charge in [0.25, 0.3) is 0 Å². The quantitative estimate of drug-likeness (QED) is 0.468. The van der Waals surface area contributed by atoms with Gasteiger partial charge in [-0.1, -0.05) is 9.39 Å². The van der Waals surface area contributed by atoms with E-state index in [1.54, 1.807) is 0 Å². The lowest BCUT2D eigenvalue weighted by Crippen LogP contribution is -1.59. The van der Waals surface area contributed by atoms with E-state index in [2.05, 4.69) is 14.2 Å². The van der Waals surface area contributed by atoms with Crippen LogP contribution in [0, 0.1) is 0 Å². The molecule has 0 saturated carbocycles. The van der Waals surface area contributed by atoms with Crippen LogP contribution in [-0.4, -0.2) is 0 Å². The molecule has 2 nitrogen and oxygen atoms in total. The van der Waals surface area contributed by atoms with Gasteiger partial charge >= 0.3 is 0 Å². The summed E-state index contributed by atoms with van der Waals surface area (Å²) in [4.78, 5) is 2.38. The lowest BCUT2D eigenvalue weighted by Gasteiger charge is -1.62. The first kappa shape index (κ1) is 4.62. The lowest BCUT2D eigenvalue weighted by molar-refractivity contribution is 0.598. The molecular formula is H5NOP2. The van der Waals surface area contributed by atoms with Gasteiger partial charge in [0.15, 0.2) is 0 Å². The Bertz CT molecular complexity index is 20.0. The van der Waals surface area contributed by atoms with Crippen LogP contribution in [0.5, 0.6) is 0 Å². The molecule has 0 aliphatic rings. The van der Waals surface area contributed by atoms with Gasteiger partial charge in [0, 0.05) is 0 Å². The SMILES string of the molecule is O=[PH2]NP. The van der Waals surface area contributed by atoms with Crippen LogP contribution in [0.4, 0.5) is 0 Å². The predicted molar refractivity (Wildman–Crippen MR) is 23.2 cm³/mol. The fourth-order valence-corrected chi connectivity index (χ4v) is 0. The summed E-state index contributed by atoms with van der Waals surface area (Å²) < 4.78 is 9.25. The minimum Gasteiger partial charge on any atom is -0.313 e. The van der Waals surface area contributed by atoms with Gasteiger partial charge in [0.2, 0.25) is 0 Å². The number of nitrogens with one attached hydrogen (secondary N) is 1. The smallest absolute Gasteiger partial charge is 0.127 e. The maximum absolute atomic E-state index is 9.25. The van der Waals surface area contributed by atoms with Gasteiger partial charge < -0.3 is 4.57 Å². The van der Waals surface area contributed by atoms with Crippen molar-refractivity contribution in [3.05, 3.63) is 0 Å². The third-order valence-corrected chi connectivity index (χ3v) is 0.612. The van der Waals surface area contributed by atoms with Crippen molar-refractivity contribution in [1.82, 2.24) is 4.86 Å². The summed E-state index contributed by atoms with van der Waals surface area (Å²) in [5.74, 6) is 0. The Morgan fingerprint density at radius 3 is 2.25 bits per heavy atom. The summed E-state index contributed by atoms with van der Waals surface area (Å²) in [6, 6.07) is 0. The van der Waals surface area contributed by atoms with Crippen LogP contribution in [0.1, 0.15) is 0 Å². The van der Waals surface area contributed by atoms with Gasteiger partial charge in [-0.05, 0) is 0 Å². The van der Waals surface area contributed by atoms with Gasteiger partial charge in [-0.15, -0.1) is 0 Å². The second kappa shape index (κ2) is 3.62. The maximum Gasteiger partial charge on any atom is 0.127 e. The van der Waals surface area contributed by atoms with Gasteiger partial charge in [0.05, 0.1) is 0 Å². The molecule has 0 aromatic rings. The fraction of sp³-hybridized carbons (Fsp3) is 0. The monoisotopic (exact) mass is 97.0 g/mol. The highest BCUT2D eigenvalue weighted by molar-refractivity contribution is 7.35. The zero-order chi connectivity index (χ0) is 3.41. The molecule has 0 radical (unpaired) electrons. The predicted octanol–water partition coefficient (Wildman–Crippen LogP) is 0.0374. The lowest BCUT2D eigenvalue weighted by atomic mass is 13.9. The average Bonchev–Trinajstić information content (AvgIpc) is 1.37. The Labute approximate surface area is 28.5 Å². The minimum absolute atomic E-state index is 0.755. The van der Waals surface area contributed by atoms with E-state index in [4.69, 9.17) is 0 Å². The first-order valence-electron chi connectivity index (χ1n) is 0.813. The van der Waals surface area contributed by atoms with Crippen molar-refractivity contribution in [3.63, 3.8) is 0 Å². The molecule has 26 valence electrons. The Kier molecular flexibility index (Phi) is 4.18. The molecular weight excluding hydrogens is 92.0 g/mol. The average molecular weight is 97.0 g/mol. The van der Waals surface area contributed by atoms with Crippen molar-refractivity contribution in [2.24, 2.45) is 0 Å². The molecule has 0 saturated heterocycles. The molecule has 0 spiro atoms. The Hall–Kier alpha value is 0.620. The number of rotatable bonds is 1. The van der Waals surface area contributed by atoms with Gasteiger partial charge in [-0.3, -0.25) is 4.86 Å². The van der Waals surface area contributed by atoms with Crippen molar-refractivity contribution in [1.29, 1.82) is 0 Å². The van der Waals surface area contributed by atoms with Crippen LogP contribution >= 0.6 is 18.0 Å². The van der Waals surface area contributed by atoms with E-state index >= 15 is 0 Å². The standard InChI is InChI=1S/H5NOP2/c2-4-1-3/h3-4H2,(H,1,2). The van der Waals surface area contributed by atoms with E-state index in [0.717, 1.165) is 0 Å². The van der Waals surface area contributed by atoms with E-state index in [0.29, 0.717) is 0 Å². The molecule has 0 aromatic heterocycles. The fourth-order valence-electron chi connectivity index (χ4n) is 0. The van der Waals surface area contributed by atoms with Crippen molar-refractivity contribution >= 4 is 18.0 Å². The van der Waals surface area contributed by atoms with Gasteiger partial charge in [-0.2, -0.15) is 0 Å².